The van der Waals surface area contributed by atoms with Crippen molar-refractivity contribution in [1.29, 1.82) is 0 Å². The Morgan fingerprint density at radius 3 is 3.16 bits per heavy atom. The zero-order valence-electron chi connectivity index (χ0n) is 11.3. The zero-order valence-corrected chi connectivity index (χ0v) is 12.9. The predicted octanol–water partition coefficient (Wildman–Crippen LogP) is 2.55. The van der Waals surface area contributed by atoms with Crippen LogP contribution in [0.4, 0.5) is 0 Å². The molecule has 1 fully saturated rings. The number of hydrogen-bond donors (Lipinski definition) is 1. The van der Waals surface area contributed by atoms with Crippen molar-refractivity contribution in [3.63, 3.8) is 0 Å². The predicted molar refractivity (Wildman–Crippen MR) is 78.1 cm³/mol. The lowest BCUT2D eigenvalue weighted by molar-refractivity contribution is -0.0305. The van der Waals surface area contributed by atoms with Gasteiger partial charge in [-0.3, -0.25) is 4.98 Å². The second-order valence-corrected chi connectivity index (χ2v) is 5.71. The molecule has 0 aromatic carbocycles. The number of pyridine rings is 1. The Balaban J connectivity index is 1.93. The van der Waals surface area contributed by atoms with Gasteiger partial charge in [-0.1, -0.05) is 0 Å². The van der Waals surface area contributed by atoms with Gasteiger partial charge in [-0.25, -0.2) is 0 Å². The van der Waals surface area contributed by atoms with E-state index in [4.69, 9.17) is 9.47 Å². The fraction of sp³-hybridized carbons (Fsp3) is 0.643. The molecule has 2 unspecified atom stereocenters. The number of rotatable bonds is 6. The van der Waals surface area contributed by atoms with Crippen LogP contribution in [-0.2, 0) is 9.47 Å². The minimum Gasteiger partial charge on any atom is -0.383 e. The fourth-order valence-corrected chi connectivity index (χ4v) is 2.63. The third kappa shape index (κ3) is 4.53. The van der Waals surface area contributed by atoms with Crippen molar-refractivity contribution in [2.45, 2.75) is 18.9 Å². The van der Waals surface area contributed by atoms with Gasteiger partial charge in [-0.2, -0.15) is 0 Å². The van der Waals surface area contributed by atoms with Gasteiger partial charge in [0.15, 0.2) is 0 Å². The first-order valence-corrected chi connectivity index (χ1v) is 7.53. The maximum absolute atomic E-state index is 5.92. The molecule has 5 heteroatoms. The molecule has 1 aromatic heterocycles. The Kier molecular flexibility index (Phi) is 6.23. The van der Waals surface area contributed by atoms with E-state index in [2.05, 4.69) is 26.2 Å². The van der Waals surface area contributed by atoms with Crippen molar-refractivity contribution >= 4 is 15.9 Å². The first-order valence-electron chi connectivity index (χ1n) is 6.74. The molecule has 2 rings (SSSR count). The molecule has 0 bridgehead atoms. The Hall–Kier alpha value is -0.490. The number of halogens is 1. The fourth-order valence-electron chi connectivity index (χ4n) is 2.40. The van der Waals surface area contributed by atoms with Crippen LogP contribution in [0.15, 0.2) is 22.8 Å². The van der Waals surface area contributed by atoms with E-state index in [-0.39, 0.29) is 6.10 Å². The summed E-state index contributed by atoms with van der Waals surface area (Å²) in [6, 6.07) is 4.07. The highest BCUT2D eigenvalue weighted by molar-refractivity contribution is 9.10. The van der Waals surface area contributed by atoms with Gasteiger partial charge in [0.1, 0.15) is 6.10 Å². The van der Waals surface area contributed by atoms with Crippen molar-refractivity contribution in [1.82, 2.24) is 10.3 Å². The lowest BCUT2D eigenvalue weighted by Crippen LogP contribution is -2.33. The highest BCUT2D eigenvalue weighted by Crippen LogP contribution is 2.32. The average molecular weight is 329 g/mol. The molecule has 1 aliphatic heterocycles. The second kappa shape index (κ2) is 7.94. The van der Waals surface area contributed by atoms with Crippen LogP contribution in [-0.4, -0.2) is 38.4 Å². The number of ether oxygens (including phenoxy) is 2. The van der Waals surface area contributed by atoms with Gasteiger partial charge in [0.25, 0.3) is 0 Å². The number of hydrogen-bond acceptors (Lipinski definition) is 4. The molecule has 0 radical (unpaired) electrons. The van der Waals surface area contributed by atoms with E-state index < -0.39 is 0 Å². The Morgan fingerprint density at radius 1 is 1.53 bits per heavy atom. The first-order chi connectivity index (χ1) is 9.31. The van der Waals surface area contributed by atoms with Crippen LogP contribution < -0.4 is 5.32 Å². The molecule has 1 aliphatic rings. The van der Waals surface area contributed by atoms with Gasteiger partial charge in [-0.05, 0) is 40.9 Å². The highest BCUT2D eigenvalue weighted by Gasteiger charge is 2.28. The van der Waals surface area contributed by atoms with E-state index in [0.717, 1.165) is 42.9 Å². The monoisotopic (exact) mass is 328 g/mol. The van der Waals surface area contributed by atoms with Gasteiger partial charge < -0.3 is 14.8 Å². The van der Waals surface area contributed by atoms with Crippen molar-refractivity contribution in [3.8, 4) is 0 Å². The molecule has 1 saturated heterocycles. The van der Waals surface area contributed by atoms with Crippen LogP contribution >= 0.6 is 15.9 Å². The molecule has 0 spiro atoms. The zero-order chi connectivity index (χ0) is 13.5. The second-order valence-electron chi connectivity index (χ2n) is 4.79. The third-order valence-electron chi connectivity index (χ3n) is 3.38. The summed E-state index contributed by atoms with van der Waals surface area (Å²) in [5.41, 5.74) is 1.03. The molecule has 1 aromatic rings. The highest BCUT2D eigenvalue weighted by atomic mass is 79.9. The standard InChI is InChI=1S/C14H21BrN2O2/c1-18-8-6-16-9-11-3-2-7-19-14(11)13-5-4-12(15)10-17-13/h4-5,10-11,14,16H,2-3,6-9H2,1H3. The Bertz CT molecular complexity index is 372. The molecule has 4 nitrogen and oxygen atoms in total. The molecule has 2 heterocycles. The summed E-state index contributed by atoms with van der Waals surface area (Å²) in [4.78, 5) is 4.47. The summed E-state index contributed by atoms with van der Waals surface area (Å²) in [7, 11) is 1.72. The van der Waals surface area contributed by atoms with Gasteiger partial charge in [0.05, 0.1) is 12.3 Å². The SMILES string of the molecule is COCCNCC1CCCOC1c1ccc(Br)cn1. The summed E-state index contributed by atoms with van der Waals surface area (Å²) < 4.78 is 12.0. The normalized spacial score (nSPS) is 23.5. The summed E-state index contributed by atoms with van der Waals surface area (Å²) in [5.74, 6) is 0.485. The molecular formula is C14H21BrN2O2. The molecule has 2 atom stereocenters. The molecular weight excluding hydrogens is 308 g/mol. The molecule has 0 saturated carbocycles. The number of nitrogens with one attached hydrogen (secondary N) is 1. The summed E-state index contributed by atoms with van der Waals surface area (Å²) >= 11 is 3.41. The van der Waals surface area contributed by atoms with Gasteiger partial charge in [0.2, 0.25) is 0 Å². The van der Waals surface area contributed by atoms with Gasteiger partial charge >= 0.3 is 0 Å². The van der Waals surface area contributed by atoms with Gasteiger partial charge in [0, 0.05) is 43.4 Å². The van der Waals surface area contributed by atoms with Crippen molar-refractivity contribution in [3.05, 3.63) is 28.5 Å². The third-order valence-corrected chi connectivity index (χ3v) is 3.85. The minimum absolute atomic E-state index is 0.108. The number of nitrogens with zero attached hydrogens (tertiary/aromatic N) is 1. The molecule has 1 N–H and O–H groups in total. The van der Waals surface area contributed by atoms with Crippen molar-refractivity contribution in [2.24, 2.45) is 5.92 Å². The summed E-state index contributed by atoms with van der Waals surface area (Å²) in [5, 5.41) is 3.43. The number of methoxy groups -OCH3 is 1. The Labute approximate surface area is 123 Å². The maximum atomic E-state index is 5.92. The van der Waals surface area contributed by atoms with E-state index >= 15 is 0 Å². The lowest BCUT2D eigenvalue weighted by Gasteiger charge is -2.31. The van der Waals surface area contributed by atoms with Crippen molar-refractivity contribution in [2.75, 3.05) is 33.4 Å². The largest absolute Gasteiger partial charge is 0.383 e. The van der Waals surface area contributed by atoms with E-state index in [1.54, 1.807) is 7.11 Å². The van der Waals surface area contributed by atoms with E-state index in [1.807, 2.05) is 18.3 Å². The van der Waals surface area contributed by atoms with Gasteiger partial charge in [-0.15, -0.1) is 0 Å². The molecule has 106 valence electrons. The first kappa shape index (κ1) is 14.9. The summed E-state index contributed by atoms with van der Waals surface area (Å²) in [6.07, 6.45) is 4.26. The quantitative estimate of drug-likeness (QED) is 0.815. The lowest BCUT2D eigenvalue weighted by atomic mass is 9.92. The maximum Gasteiger partial charge on any atom is 0.103 e. The van der Waals surface area contributed by atoms with E-state index in [0.29, 0.717) is 5.92 Å². The van der Waals surface area contributed by atoms with Crippen LogP contribution in [0.5, 0.6) is 0 Å². The van der Waals surface area contributed by atoms with Crippen molar-refractivity contribution < 1.29 is 9.47 Å². The van der Waals surface area contributed by atoms with Crippen LogP contribution in [0, 0.1) is 5.92 Å². The van der Waals surface area contributed by atoms with E-state index in [9.17, 15) is 0 Å². The molecule has 0 aliphatic carbocycles. The topological polar surface area (TPSA) is 43.4 Å². The van der Waals surface area contributed by atoms with Crippen LogP contribution in [0.3, 0.4) is 0 Å². The molecule has 0 amide bonds. The summed E-state index contributed by atoms with van der Waals surface area (Å²) in [6.45, 7) is 3.41. The Morgan fingerprint density at radius 2 is 2.42 bits per heavy atom. The van der Waals surface area contributed by atoms with E-state index in [1.165, 1.54) is 6.42 Å². The minimum atomic E-state index is 0.108. The number of aromatic nitrogens is 1. The molecule has 19 heavy (non-hydrogen) atoms. The smallest absolute Gasteiger partial charge is 0.103 e. The average Bonchev–Trinajstić information content (AvgIpc) is 2.45. The van der Waals surface area contributed by atoms with Crippen LogP contribution in [0.1, 0.15) is 24.6 Å². The van der Waals surface area contributed by atoms with Crippen LogP contribution in [0.2, 0.25) is 0 Å². The van der Waals surface area contributed by atoms with Crippen LogP contribution in [0.25, 0.3) is 0 Å².